The molecule has 0 aromatic heterocycles. The van der Waals surface area contributed by atoms with Crippen molar-refractivity contribution in [2.75, 3.05) is 11.4 Å². The molecule has 0 radical (unpaired) electrons. The lowest BCUT2D eigenvalue weighted by atomic mass is 9.89. The van der Waals surface area contributed by atoms with Gasteiger partial charge in [-0.1, -0.05) is 37.3 Å². The van der Waals surface area contributed by atoms with Crippen LogP contribution in [0.4, 0.5) is 5.69 Å². The molecule has 108 valence electrons. The van der Waals surface area contributed by atoms with E-state index >= 15 is 0 Å². The van der Waals surface area contributed by atoms with Crippen LogP contribution in [0.5, 0.6) is 0 Å². The maximum absolute atomic E-state index is 6.18. The molecule has 0 saturated heterocycles. The van der Waals surface area contributed by atoms with E-state index in [1.807, 2.05) is 18.2 Å². The van der Waals surface area contributed by atoms with E-state index in [-0.39, 0.29) is 5.54 Å². The van der Waals surface area contributed by atoms with Crippen LogP contribution in [0.2, 0.25) is 5.02 Å². The van der Waals surface area contributed by atoms with Gasteiger partial charge in [0.25, 0.3) is 0 Å². The maximum atomic E-state index is 6.18. The molecule has 1 spiro atoms. The summed E-state index contributed by atoms with van der Waals surface area (Å²) in [6, 6.07) is 5.99. The van der Waals surface area contributed by atoms with Gasteiger partial charge in [-0.05, 0) is 47.0 Å². The first-order valence-electron chi connectivity index (χ1n) is 7.18. The van der Waals surface area contributed by atoms with Crippen molar-refractivity contribution in [1.82, 2.24) is 0 Å². The Morgan fingerprint density at radius 1 is 1.20 bits per heavy atom. The quantitative estimate of drug-likeness (QED) is 0.813. The van der Waals surface area contributed by atoms with E-state index in [0.29, 0.717) is 5.96 Å². The molecule has 1 heterocycles. The third-order valence-electron chi connectivity index (χ3n) is 4.43. The Balaban J connectivity index is 1.98. The number of guanidine groups is 1. The molecule has 0 unspecified atom stereocenters. The van der Waals surface area contributed by atoms with Gasteiger partial charge in [-0.2, -0.15) is 0 Å². The summed E-state index contributed by atoms with van der Waals surface area (Å²) >= 11 is 9.60. The van der Waals surface area contributed by atoms with Gasteiger partial charge < -0.3 is 10.6 Å². The van der Waals surface area contributed by atoms with Crippen molar-refractivity contribution in [2.45, 2.75) is 44.1 Å². The predicted octanol–water partition coefficient (Wildman–Crippen LogP) is 4.33. The van der Waals surface area contributed by atoms with E-state index in [1.54, 1.807) is 0 Å². The van der Waals surface area contributed by atoms with Gasteiger partial charge in [0.1, 0.15) is 0 Å². The van der Waals surface area contributed by atoms with Crippen LogP contribution in [-0.4, -0.2) is 18.0 Å². The third-order valence-corrected chi connectivity index (χ3v) is 5.65. The van der Waals surface area contributed by atoms with Crippen molar-refractivity contribution >= 4 is 39.2 Å². The number of benzene rings is 1. The van der Waals surface area contributed by atoms with Crippen LogP contribution >= 0.6 is 27.5 Å². The van der Waals surface area contributed by atoms with Crippen LogP contribution in [0.3, 0.4) is 0 Å². The van der Waals surface area contributed by atoms with Gasteiger partial charge in [-0.3, -0.25) is 4.99 Å². The largest absolute Gasteiger partial charge is 0.369 e. The second kappa shape index (κ2) is 5.57. The molecule has 0 amide bonds. The zero-order chi connectivity index (χ0) is 14.2. The molecule has 0 atom stereocenters. The van der Waals surface area contributed by atoms with Gasteiger partial charge in [-0.15, -0.1) is 0 Å². The molecule has 1 aromatic rings. The Bertz CT molecular complexity index is 536. The highest BCUT2D eigenvalue weighted by Gasteiger charge is 2.43. The summed E-state index contributed by atoms with van der Waals surface area (Å²) in [6.45, 7) is 0.819. The molecule has 2 N–H and O–H groups in total. The van der Waals surface area contributed by atoms with Crippen molar-refractivity contribution < 1.29 is 0 Å². The topological polar surface area (TPSA) is 41.6 Å². The number of hydrogen-bond acceptors (Lipinski definition) is 3. The van der Waals surface area contributed by atoms with Crippen LogP contribution in [-0.2, 0) is 0 Å². The number of nitrogens with zero attached hydrogens (tertiary/aromatic N) is 2. The molecular formula is C15H19BrClN3. The molecule has 3 nitrogen and oxygen atoms in total. The van der Waals surface area contributed by atoms with Crippen LogP contribution in [0.25, 0.3) is 0 Å². The van der Waals surface area contributed by atoms with E-state index in [1.165, 1.54) is 25.7 Å². The fourth-order valence-corrected chi connectivity index (χ4v) is 3.90. The highest BCUT2D eigenvalue weighted by Crippen LogP contribution is 2.40. The van der Waals surface area contributed by atoms with Crippen LogP contribution < -0.4 is 10.6 Å². The summed E-state index contributed by atoms with van der Waals surface area (Å²) < 4.78 is 0.903. The number of anilines is 1. The Morgan fingerprint density at radius 3 is 2.55 bits per heavy atom. The zero-order valence-corrected chi connectivity index (χ0v) is 13.8. The Hall–Kier alpha value is -0.740. The van der Waals surface area contributed by atoms with Crippen molar-refractivity contribution in [3.05, 3.63) is 27.7 Å². The minimum absolute atomic E-state index is 0.0772. The van der Waals surface area contributed by atoms with Crippen LogP contribution in [0.1, 0.15) is 38.5 Å². The molecular weight excluding hydrogens is 338 g/mol. The Labute approximate surface area is 133 Å². The molecule has 3 rings (SSSR count). The molecule has 20 heavy (non-hydrogen) atoms. The first-order chi connectivity index (χ1) is 9.62. The zero-order valence-electron chi connectivity index (χ0n) is 11.4. The fourth-order valence-electron chi connectivity index (χ4n) is 3.41. The number of aliphatic imine (C=N–C) groups is 1. The summed E-state index contributed by atoms with van der Waals surface area (Å²) in [7, 11) is 0. The minimum Gasteiger partial charge on any atom is -0.369 e. The van der Waals surface area contributed by atoms with Crippen LogP contribution in [0.15, 0.2) is 27.7 Å². The van der Waals surface area contributed by atoms with E-state index in [9.17, 15) is 0 Å². The highest BCUT2D eigenvalue weighted by molar-refractivity contribution is 9.10. The molecule has 0 bridgehead atoms. The smallest absolute Gasteiger partial charge is 0.196 e. The summed E-state index contributed by atoms with van der Waals surface area (Å²) in [4.78, 5) is 6.77. The van der Waals surface area contributed by atoms with E-state index in [0.717, 1.165) is 34.6 Å². The van der Waals surface area contributed by atoms with E-state index < -0.39 is 0 Å². The summed E-state index contributed by atoms with van der Waals surface area (Å²) in [5.41, 5.74) is 7.35. The van der Waals surface area contributed by atoms with Gasteiger partial charge in [0.15, 0.2) is 5.96 Å². The van der Waals surface area contributed by atoms with E-state index in [2.05, 4.69) is 25.8 Å². The summed E-state index contributed by atoms with van der Waals surface area (Å²) in [6.07, 6.45) is 7.48. The van der Waals surface area contributed by atoms with Gasteiger partial charge >= 0.3 is 0 Å². The third kappa shape index (κ3) is 2.44. The lowest BCUT2D eigenvalue weighted by molar-refractivity contribution is 0.400. The molecule has 5 heteroatoms. The number of hydrogen-bond donors (Lipinski definition) is 1. The summed E-state index contributed by atoms with van der Waals surface area (Å²) in [5, 5.41) is 0.721. The normalized spacial score (nSPS) is 21.9. The second-order valence-electron chi connectivity index (χ2n) is 5.75. The minimum atomic E-state index is 0.0772. The number of rotatable bonds is 1. The second-order valence-corrected chi connectivity index (χ2v) is 7.01. The first kappa shape index (κ1) is 14.2. The molecule has 1 aromatic carbocycles. The van der Waals surface area contributed by atoms with E-state index in [4.69, 9.17) is 17.3 Å². The maximum Gasteiger partial charge on any atom is 0.196 e. The van der Waals surface area contributed by atoms with Gasteiger partial charge in [-0.25, -0.2) is 0 Å². The van der Waals surface area contributed by atoms with Crippen molar-refractivity contribution in [2.24, 2.45) is 10.7 Å². The molecule has 2 aliphatic rings. The number of halogens is 2. The highest BCUT2D eigenvalue weighted by atomic mass is 79.9. The SMILES string of the molecule is NC1=NCC2(CCCCCC2)N1c1ccc(Cl)c(Br)c1. The molecule has 1 aliphatic heterocycles. The standard InChI is InChI=1S/C15H19BrClN3/c16-12-9-11(5-6-13(12)17)20-14(18)19-10-15(20)7-3-1-2-4-8-15/h5-6,9H,1-4,7-8,10H2,(H2,18,19). The van der Waals surface area contributed by atoms with Gasteiger partial charge in [0.05, 0.1) is 17.1 Å². The summed E-state index contributed by atoms with van der Waals surface area (Å²) in [5.74, 6) is 0.640. The molecule has 1 saturated carbocycles. The van der Waals surface area contributed by atoms with Crippen molar-refractivity contribution in [3.63, 3.8) is 0 Å². The predicted molar refractivity (Wildman–Crippen MR) is 88.6 cm³/mol. The fraction of sp³-hybridized carbons (Fsp3) is 0.533. The first-order valence-corrected chi connectivity index (χ1v) is 8.35. The monoisotopic (exact) mass is 355 g/mol. The lowest BCUT2D eigenvalue weighted by Crippen LogP contribution is -2.51. The van der Waals surface area contributed by atoms with Crippen LogP contribution in [0, 0.1) is 0 Å². The van der Waals surface area contributed by atoms with Gasteiger partial charge in [0, 0.05) is 10.2 Å². The number of nitrogens with two attached hydrogens (primary N) is 1. The lowest BCUT2D eigenvalue weighted by Gasteiger charge is -2.39. The van der Waals surface area contributed by atoms with Crippen molar-refractivity contribution in [1.29, 1.82) is 0 Å². The average molecular weight is 357 g/mol. The Kier molecular flexibility index (Phi) is 3.95. The molecule has 1 aliphatic carbocycles. The van der Waals surface area contributed by atoms with Crippen molar-refractivity contribution in [3.8, 4) is 0 Å². The van der Waals surface area contributed by atoms with Gasteiger partial charge in [0.2, 0.25) is 0 Å². The molecule has 1 fully saturated rings. The Morgan fingerprint density at radius 2 is 1.90 bits per heavy atom. The average Bonchev–Trinajstić information content (AvgIpc) is 2.62.